The van der Waals surface area contributed by atoms with Gasteiger partial charge in [-0.1, -0.05) is 22.8 Å². The molecule has 0 fully saturated rings. The van der Waals surface area contributed by atoms with Crippen molar-refractivity contribution in [3.8, 4) is 0 Å². The lowest BCUT2D eigenvalue weighted by molar-refractivity contribution is 0.166. The van der Waals surface area contributed by atoms with E-state index in [1.54, 1.807) is 49.5 Å². The van der Waals surface area contributed by atoms with Gasteiger partial charge in [0, 0.05) is 16.9 Å². The second kappa shape index (κ2) is 6.68. The molecule has 2 aromatic rings. The molecule has 0 saturated carbocycles. The number of hydrogen-bond donors (Lipinski definition) is 1. The third kappa shape index (κ3) is 4.07. The molecule has 5 nitrogen and oxygen atoms in total. The fraction of sp³-hybridized carbons (Fsp3) is 0.0714. The van der Waals surface area contributed by atoms with Gasteiger partial charge < -0.3 is 0 Å². The smallest absolute Gasteiger partial charge is 0.297 e. The van der Waals surface area contributed by atoms with Crippen LogP contribution < -0.4 is 5.32 Å². The van der Waals surface area contributed by atoms with Gasteiger partial charge in [0.15, 0.2) is 0 Å². The van der Waals surface area contributed by atoms with Gasteiger partial charge in [-0.2, -0.15) is 0 Å². The van der Waals surface area contributed by atoms with Gasteiger partial charge in [0.1, 0.15) is 5.71 Å². The summed E-state index contributed by atoms with van der Waals surface area (Å²) in [6.45, 7) is 1.71. The molecule has 0 spiro atoms. The average molecular weight is 290 g/mol. The number of carbonyl (C=O) groups excluding carboxylic acids is 1. The number of hydrogen-bond acceptors (Lipinski definition) is 4. The predicted octanol–water partition coefficient (Wildman–Crippen LogP) is 3.71. The highest BCUT2D eigenvalue weighted by Gasteiger charge is 2.04. The van der Waals surface area contributed by atoms with Crippen molar-refractivity contribution >= 4 is 29.1 Å². The molecule has 6 heteroatoms. The second-order valence-corrected chi connectivity index (χ2v) is 4.34. The lowest BCUT2D eigenvalue weighted by atomic mass is 10.3. The first kappa shape index (κ1) is 14.0. The van der Waals surface area contributed by atoms with E-state index in [1.807, 2.05) is 6.07 Å². The summed E-state index contributed by atoms with van der Waals surface area (Å²) in [6.07, 6.45) is 0.963. The Hall–Kier alpha value is -2.40. The van der Waals surface area contributed by atoms with Crippen LogP contribution in [0.5, 0.6) is 0 Å². The summed E-state index contributed by atoms with van der Waals surface area (Å²) < 4.78 is 0. The Morgan fingerprint density at radius 1 is 1.25 bits per heavy atom. The number of amides is 1. The van der Waals surface area contributed by atoms with E-state index in [9.17, 15) is 4.79 Å². The SMILES string of the molecule is CC(=NOC(=O)Nc1ccc(Cl)cc1)c1ccccn1. The number of pyridine rings is 1. The van der Waals surface area contributed by atoms with E-state index in [0.29, 0.717) is 22.1 Å². The molecule has 1 amide bonds. The van der Waals surface area contributed by atoms with E-state index in [2.05, 4.69) is 15.5 Å². The van der Waals surface area contributed by atoms with Crippen molar-refractivity contribution < 1.29 is 9.63 Å². The normalized spacial score (nSPS) is 11.0. The van der Waals surface area contributed by atoms with Crippen molar-refractivity contribution in [2.75, 3.05) is 5.32 Å². The molecule has 0 aliphatic carbocycles. The van der Waals surface area contributed by atoms with Crippen LogP contribution in [0.25, 0.3) is 0 Å². The van der Waals surface area contributed by atoms with E-state index < -0.39 is 6.09 Å². The lowest BCUT2D eigenvalue weighted by Gasteiger charge is -2.03. The fourth-order valence-corrected chi connectivity index (χ4v) is 1.53. The number of carbonyl (C=O) groups is 1. The van der Waals surface area contributed by atoms with Gasteiger partial charge in [0.25, 0.3) is 0 Å². The zero-order chi connectivity index (χ0) is 14.4. The summed E-state index contributed by atoms with van der Waals surface area (Å²) in [7, 11) is 0. The lowest BCUT2D eigenvalue weighted by Crippen LogP contribution is -2.12. The highest BCUT2D eigenvalue weighted by Crippen LogP contribution is 2.13. The minimum Gasteiger partial charge on any atom is -0.297 e. The number of anilines is 1. The molecule has 20 heavy (non-hydrogen) atoms. The van der Waals surface area contributed by atoms with Crippen LogP contribution in [0.1, 0.15) is 12.6 Å². The molecule has 0 radical (unpaired) electrons. The summed E-state index contributed by atoms with van der Waals surface area (Å²) in [5.74, 6) is 0. The number of rotatable bonds is 3. The summed E-state index contributed by atoms with van der Waals surface area (Å²) in [4.78, 5) is 20.4. The first-order valence-electron chi connectivity index (χ1n) is 5.85. The molecule has 0 saturated heterocycles. The molecular weight excluding hydrogens is 278 g/mol. The zero-order valence-corrected chi connectivity index (χ0v) is 11.5. The van der Waals surface area contributed by atoms with Crippen molar-refractivity contribution in [2.45, 2.75) is 6.92 Å². The molecule has 0 aliphatic rings. The minimum atomic E-state index is -0.678. The molecule has 102 valence electrons. The Labute approximate surface area is 121 Å². The molecule has 1 aromatic carbocycles. The molecule has 0 atom stereocenters. The molecule has 0 unspecified atom stereocenters. The number of benzene rings is 1. The van der Waals surface area contributed by atoms with E-state index in [4.69, 9.17) is 16.4 Å². The molecule has 2 rings (SSSR count). The van der Waals surface area contributed by atoms with Gasteiger partial charge in [-0.05, 0) is 43.3 Å². The van der Waals surface area contributed by atoms with Crippen LogP contribution in [0.4, 0.5) is 10.5 Å². The summed E-state index contributed by atoms with van der Waals surface area (Å²) in [6, 6.07) is 12.1. The first-order valence-corrected chi connectivity index (χ1v) is 6.22. The van der Waals surface area contributed by atoms with Gasteiger partial charge in [-0.15, -0.1) is 0 Å². The molecule has 1 aromatic heterocycles. The third-order valence-corrected chi connectivity index (χ3v) is 2.64. The highest BCUT2D eigenvalue weighted by atomic mass is 35.5. The zero-order valence-electron chi connectivity index (χ0n) is 10.7. The van der Waals surface area contributed by atoms with Crippen LogP contribution in [0.3, 0.4) is 0 Å². The Morgan fingerprint density at radius 2 is 2.00 bits per heavy atom. The van der Waals surface area contributed by atoms with Crippen molar-refractivity contribution in [2.24, 2.45) is 5.16 Å². The van der Waals surface area contributed by atoms with Crippen LogP contribution in [-0.2, 0) is 4.84 Å². The van der Waals surface area contributed by atoms with Crippen molar-refractivity contribution in [1.29, 1.82) is 0 Å². The van der Waals surface area contributed by atoms with Gasteiger partial charge in [-0.25, -0.2) is 4.79 Å². The third-order valence-electron chi connectivity index (χ3n) is 2.39. The summed E-state index contributed by atoms with van der Waals surface area (Å²) in [5.41, 5.74) is 1.73. The average Bonchev–Trinajstić information content (AvgIpc) is 2.48. The standard InChI is InChI=1S/C14H12ClN3O2/c1-10(13-4-2-3-9-16-13)18-20-14(19)17-12-7-5-11(15)6-8-12/h2-9H,1H3,(H,17,19). The van der Waals surface area contributed by atoms with E-state index in [0.717, 1.165) is 0 Å². The van der Waals surface area contributed by atoms with Crippen molar-refractivity contribution in [3.63, 3.8) is 0 Å². The second-order valence-electron chi connectivity index (χ2n) is 3.90. The van der Waals surface area contributed by atoms with E-state index in [1.165, 1.54) is 0 Å². The van der Waals surface area contributed by atoms with Crippen LogP contribution in [0, 0.1) is 0 Å². The van der Waals surface area contributed by atoms with E-state index >= 15 is 0 Å². The minimum absolute atomic E-state index is 0.511. The Kier molecular flexibility index (Phi) is 4.68. The number of aromatic nitrogens is 1. The van der Waals surface area contributed by atoms with Crippen LogP contribution in [-0.4, -0.2) is 16.8 Å². The first-order chi connectivity index (χ1) is 9.65. The number of nitrogens with zero attached hydrogens (tertiary/aromatic N) is 2. The van der Waals surface area contributed by atoms with Gasteiger partial charge in [-0.3, -0.25) is 15.1 Å². The van der Waals surface area contributed by atoms with Gasteiger partial charge >= 0.3 is 6.09 Å². The summed E-state index contributed by atoms with van der Waals surface area (Å²) in [5, 5.41) is 6.84. The monoisotopic (exact) mass is 289 g/mol. The Morgan fingerprint density at radius 3 is 2.65 bits per heavy atom. The van der Waals surface area contributed by atoms with Crippen molar-refractivity contribution in [3.05, 3.63) is 59.4 Å². The van der Waals surface area contributed by atoms with Crippen molar-refractivity contribution in [1.82, 2.24) is 4.98 Å². The maximum Gasteiger partial charge on any atom is 0.437 e. The maximum absolute atomic E-state index is 11.5. The summed E-state index contributed by atoms with van der Waals surface area (Å²) >= 11 is 5.75. The maximum atomic E-state index is 11.5. The number of halogens is 1. The Bertz CT molecular complexity index is 612. The highest BCUT2D eigenvalue weighted by molar-refractivity contribution is 6.30. The topological polar surface area (TPSA) is 63.6 Å². The molecule has 1 N–H and O–H groups in total. The predicted molar refractivity (Wildman–Crippen MR) is 78.0 cm³/mol. The largest absolute Gasteiger partial charge is 0.437 e. The fourth-order valence-electron chi connectivity index (χ4n) is 1.41. The molecule has 1 heterocycles. The van der Waals surface area contributed by atoms with E-state index in [-0.39, 0.29) is 0 Å². The van der Waals surface area contributed by atoms with Crippen LogP contribution in [0.2, 0.25) is 5.02 Å². The molecular formula is C14H12ClN3O2. The van der Waals surface area contributed by atoms with Crippen LogP contribution in [0.15, 0.2) is 53.8 Å². The van der Waals surface area contributed by atoms with Gasteiger partial charge in [0.2, 0.25) is 0 Å². The van der Waals surface area contributed by atoms with Crippen LogP contribution >= 0.6 is 11.6 Å². The molecule has 0 bridgehead atoms. The molecule has 0 aliphatic heterocycles. The quantitative estimate of drug-likeness (QED) is 0.532. The van der Waals surface area contributed by atoms with Gasteiger partial charge in [0.05, 0.1) is 5.69 Å². The number of oxime groups is 1. The Balaban J connectivity index is 1.93. The number of nitrogens with one attached hydrogen (secondary N) is 1.